The molecule has 1 aromatic rings. The highest BCUT2D eigenvalue weighted by atomic mass is 35.5. The predicted molar refractivity (Wildman–Crippen MR) is 83.3 cm³/mol. The average molecular weight is 332 g/mol. The Morgan fingerprint density at radius 3 is 2.71 bits per heavy atom. The maximum absolute atomic E-state index is 12.6. The van der Waals surface area contributed by atoms with Gasteiger partial charge in [-0.3, -0.25) is 4.79 Å². The Bertz CT molecular complexity index is 499. The van der Waals surface area contributed by atoms with Crippen LogP contribution in [0.15, 0.2) is 12.1 Å². The second-order valence-corrected chi connectivity index (χ2v) is 5.90. The Hall–Kier alpha value is -0.810. The number of benzene rings is 1. The topological polar surface area (TPSA) is 38.8 Å². The molecule has 2 rings (SSSR count). The maximum Gasteiger partial charge on any atom is 0.254 e. The third-order valence-electron chi connectivity index (χ3n) is 3.60. The van der Waals surface area contributed by atoms with Gasteiger partial charge in [0.05, 0.1) is 12.7 Å². The van der Waals surface area contributed by atoms with Crippen LogP contribution in [0.25, 0.3) is 0 Å². The fourth-order valence-electron chi connectivity index (χ4n) is 2.28. The van der Waals surface area contributed by atoms with Gasteiger partial charge >= 0.3 is 0 Å². The number of amides is 1. The summed E-state index contributed by atoms with van der Waals surface area (Å²) < 4.78 is 10.7. The van der Waals surface area contributed by atoms with Crippen molar-refractivity contribution in [2.45, 2.75) is 19.4 Å². The van der Waals surface area contributed by atoms with Gasteiger partial charge in [-0.2, -0.15) is 0 Å². The van der Waals surface area contributed by atoms with E-state index in [4.69, 9.17) is 32.7 Å². The monoisotopic (exact) mass is 331 g/mol. The molecule has 1 atom stereocenters. The van der Waals surface area contributed by atoms with Gasteiger partial charge in [0.2, 0.25) is 0 Å². The van der Waals surface area contributed by atoms with Crippen molar-refractivity contribution >= 4 is 29.1 Å². The first-order valence-corrected chi connectivity index (χ1v) is 7.64. The van der Waals surface area contributed by atoms with Crippen LogP contribution in [-0.4, -0.2) is 50.3 Å². The SMILES string of the molecule is COCCC1CN(C(=O)c2cc(Cl)c(C)c(Cl)c2)CCO1. The van der Waals surface area contributed by atoms with Gasteiger partial charge in [0.15, 0.2) is 0 Å². The molecule has 1 amide bonds. The first kappa shape index (κ1) is 16.6. The Labute approximate surface area is 134 Å². The van der Waals surface area contributed by atoms with Crippen molar-refractivity contribution in [2.24, 2.45) is 0 Å². The van der Waals surface area contributed by atoms with Crippen LogP contribution < -0.4 is 0 Å². The quantitative estimate of drug-likeness (QED) is 0.850. The van der Waals surface area contributed by atoms with Crippen molar-refractivity contribution in [3.05, 3.63) is 33.3 Å². The van der Waals surface area contributed by atoms with Gasteiger partial charge in [-0.05, 0) is 31.0 Å². The number of ether oxygens (including phenoxy) is 2. The Kier molecular flexibility index (Phi) is 5.88. The number of morpholine rings is 1. The van der Waals surface area contributed by atoms with Crippen molar-refractivity contribution in [2.75, 3.05) is 33.4 Å². The lowest BCUT2D eigenvalue weighted by Gasteiger charge is -2.33. The summed E-state index contributed by atoms with van der Waals surface area (Å²) in [5, 5.41) is 1.02. The van der Waals surface area contributed by atoms with Crippen molar-refractivity contribution in [1.29, 1.82) is 0 Å². The summed E-state index contributed by atoms with van der Waals surface area (Å²) in [4.78, 5) is 14.3. The lowest BCUT2D eigenvalue weighted by Crippen LogP contribution is -2.46. The molecule has 1 aliphatic heterocycles. The molecule has 1 unspecified atom stereocenters. The van der Waals surface area contributed by atoms with Crippen molar-refractivity contribution in [3.8, 4) is 0 Å². The van der Waals surface area contributed by atoms with Crippen molar-refractivity contribution in [3.63, 3.8) is 0 Å². The zero-order chi connectivity index (χ0) is 15.4. The van der Waals surface area contributed by atoms with E-state index < -0.39 is 0 Å². The zero-order valence-electron chi connectivity index (χ0n) is 12.2. The van der Waals surface area contributed by atoms with E-state index in [1.165, 1.54) is 0 Å². The summed E-state index contributed by atoms with van der Waals surface area (Å²) in [7, 11) is 1.65. The molecule has 1 saturated heterocycles. The van der Waals surface area contributed by atoms with Gasteiger partial charge in [-0.1, -0.05) is 23.2 Å². The highest BCUT2D eigenvalue weighted by molar-refractivity contribution is 6.36. The highest BCUT2D eigenvalue weighted by Crippen LogP contribution is 2.26. The molecule has 0 bridgehead atoms. The lowest BCUT2D eigenvalue weighted by atomic mass is 10.1. The largest absolute Gasteiger partial charge is 0.385 e. The van der Waals surface area contributed by atoms with Gasteiger partial charge in [0.25, 0.3) is 5.91 Å². The van der Waals surface area contributed by atoms with Crippen LogP contribution in [0, 0.1) is 6.92 Å². The fraction of sp³-hybridized carbons (Fsp3) is 0.533. The molecule has 1 aromatic carbocycles. The zero-order valence-corrected chi connectivity index (χ0v) is 13.7. The second kappa shape index (κ2) is 7.45. The summed E-state index contributed by atoms with van der Waals surface area (Å²) in [6, 6.07) is 3.34. The molecule has 0 N–H and O–H groups in total. The van der Waals surface area contributed by atoms with E-state index in [1.807, 2.05) is 6.92 Å². The molecule has 0 saturated carbocycles. The van der Waals surface area contributed by atoms with Crippen LogP contribution in [0.3, 0.4) is 0 Å². The van der Waals surface area contributed by atoms with E-state index in [0.29, 0.717) is 41.9 Å². The molecular weight excluding hydrogens is 313 g/mol. The Balaban J connectivity index is 2.09. The molecule has 0 aliphatic carbocycles. The molecule has 21 heavy (non-hydrogen) atoms. The van der Waals surface area contributed by atoms with Crippen molar-refractivity contribution < 1.29 is 14.3 Å². The van der Waals surface area contributed by atoms with E-state index in [0.717, 1.165) is 12.0 Å². The van der Waals surface area contributed by atoms with Crippen molar-refractivity contribution in [1.82, 2.24) is 4.90 Å². The standard InChI is InChI=1S/C15H19Cl2NO3/c1-10-13(16)7-11(8-14(10)17)15(19)18-4-6-21-12(9-18)3-5-20-2/h7-8,12H,3-6,9H2,1-2H3. The molecule has 0 spiro atoms. The minimum Gasteiger partial charge on any atom is -0.385 e. The average Bonchev–Trinajstić information content (AvgIpc) is 2.49. The number of carbonyl (C=O) groups is 1. The van der Waals surface area contributed by atoms with E-state index >= 15 is 0 Å². The molecule has 0 aromatic heterocycles. The van der Waals surface area contributed by atoms with Gasteiger partial charge < -0.3 is 14.4 Å². The summed E-state index contributed by atoms with van der Waals surface area (Å²) >= 11 is 12.2. The predicted octanol–water partition coefficient (Wildman–Crippen LogP) is 3.18. The van der Waals surface area contributed by atoms with Crippen LogP contribution in [0.4, 0.5) is 0 Å². The normalized spacial score (nSPS) is 18.9. The molecule has 0 radical (unpaired) electrons. The van der Waals surface area contributed by atoms with Crippen LogP contribution in [-0.2, 0) is 9.47 Å². The first-order valence-electron chi connectivity index (χ1n) is 6.88. The lowest BCUT2D eigenvalue weighted by molar-refractivity contribution is -0.0332. The first-order chi connectivity index (χ1) is 10.0. The minimum atomic E-state index is -0.0653. The number of methoxy groups -OCH3 is 1. The van der Waals surface area contributed by atoms with Gasteiger partial charge in [0.1, 0.15) is 0 Å². The van der Waals surface area contributed by atoms with Crippen LogP contribution in [0.1, 0.15) is 22.3 Å². The summed E-state index contributed by atoms with van der Waals surface area (Å²) in [5.74, 6) is -0.0653. The molecule has 1 fully saturated rings. The fourth-order valence-corrected chi connectivity index (χ4v) is 2.77. The molecule has 4 nitrogen and oxygen atoms in total. The third kappa shape index (κ3) is 4.10. The van der Waals surface area contributed by atoms with Crippen LogP contribution in [0.2, 0.25) is 10.0 Å². The Morgan fingerprint density at radius 2 is 2.10 bits per heavy atom. The third-order valence-corrected chi connectivity index (χ3v) is 4.38. The number of hydrogen-bond acceptors (Lipinski definition) is 3. The number of halogens is 2. The molecule has 6 heteroatoms. The smallest absolute Gasteiger partial charge is 0.254 e. The molecule has 1 aliphatic rings. The maximum atomic E-state index is 12.6. The van der Waals surface area contributed by atoms with Gasteiger partial charge in [0, 0.05) is 42.4 Å². The summed E-state index contributed by atoms with van der Waals surface area (Å²) in [6.07, 6.45) is 0.787. The van der Waals surface area contributed by atoms with E-state index in [-0.39, 0.29) is 12.0 Å². The number of nitrogens with zero attached hydrogens (tertiary/aromatic N) is 1. The van der Waals surface area contributed by atoms with Gasteiger partial charge in [-0.15, -0.1) is 0 Å². The minimum absolute atomic E-state index is 0.0130. The Morgan fingerprint density at radius 1 is 1.43 bits per heavy atom. The summed E-state index contributed by atoms with van der Waals surface area (Å²) in [6.45, 7) is 4.12. The second-order valence-electron chi connectivity index (χ2n) is 5.09. The summed E-state index contributed by atoms with van der Waals surface area (Å²) in [5.41, 5.74) is 1.30. The van der Waals surface area contributed by atoms with E-state index in [2.05, 4.69) is 0 Å². The number of hydrogen-bond donors (Lipinski definition) is 0. The van der Waals surface area contributed by atoms with Crippen LogP contribution in [0.5, 0.6) is 0 Å². The molecular formula is C15H19Cl2NO3. The van der Waals surface area contributed by atoms with E-state index in [9.17, 15) is 4.79 Å². The molecule has 116 valence electrons. The number of carbonyl (C=O) groups excluding carboxylic acids is 1. The van der Waals surface area contributed by atoms with E-state index in [1.54, 1.807) is 24.1 Å². The highest BCUT2D eigenvalue weighted by Gasteiger charge is 2.25. The number of rotatable bonds is 4. The van der Waals surface area contributed by atoms with Crippen LogP contribution >= 0.6 is 23.2 Å². The van der Waals surface area contributed by atoms with Gasteiger partial charge in [-0.25, -0.2) is 0 Å². The molecule has 1 heterocycles.